The minimum absolute atomic E-state index is 0.00258. The van der Waals surface area contributed by atoms with E-state index in [2.05, 4.69) is 56.6 Å². The van der Waals surface area contributed by atoms with Crippen LogP contribution in [0.2, 0.25) is 0 Å². The Kier molecular flexibility index (Phi) is 2.49. The van der Waals surface area contributed by atoms with Crippen LogP contribution in [-0.2, 0) is 10.8 Å². The zero-order chi connectivity index (χ0) is 12.8. The molecule has 2 aromatic heterocycles. The predicted octanol–water partition coefficient (Wildman–Crippen LogP) is 2.72. The third-order valence-electron chi connectivity index (χ3n) is 2.73. The second kappa shape index (κ2) is 3.52. The van der Waals surface area contributed by atoms with E-state index in [0.717, 1.165) is 11.4 Å². The molecule has 0 saturated carbocycles. The van der Waals surface area contributed by atoms with Gasteiger partial charge in [-0.15, -0.1) is 0 Å². The molecule has 0 aliphatic heterocycles. The molecule has 2 heterocycles. The average Bonchev–Trinajstić information content (AvgIpc) is 2.57. The van der Waals surface area contributed by atoms with Crippen molar-refractivity contribution >= 4 is 5.78 Å². The van der Waals surface area contributed by atoms with Crippen molar-refractivity contribution in [3.05, 3.63) is 23.8 Å². The zero-order valence-corrected chi connectivity index (χ0v) is 11.4. The van der Waals surface area contributed by atoms with Gasteiger partial charge in [-0.1, -0.05) is 41.5 Å². The Bertz CT molecular complexity index is 529. The van der Waals surface area contributed by atoms with E-state index >= 15 is 0 Å². The van der Waals surface area contributed by atoms with Crippen LogP contribution in [0.15, 0.2) is 12.4 Å². The summed E-state index contributed by atoms with van der Waals surface area (Å²) in [6.45, 7) is 12.8. The molecule has 0 fully saturated rings. The second-order valence-electron chi connectivity index (χ2n) is 6.51. The van der Waals surface area contributed by atoms with Gasteiger partial charge in [-0.05, 0) is 0 Å². The van der Waals surface area contributed by atoms with Crippen LogP contribution in [0.1, 0.15) is 52.9 Å². The van der Waals surface area contributed by atoms with Crippen molar-refractivity contribution in [2.75, 3.05) is 0 Å². The van der Waals surface area contributed by atoms with Gasteiger partial charge < -0.3 is 0 Å². The first-order chi connectivity index (χ1) is 7.68. The molecule has 0 aromatic carbocycles. The lowest BCUT2D eigenvalue weighted by molar-refractivity contribution is 0.561. The first-order valence-electron chi connectivity index (χ1n) is 5.91. The maximum Gasteiger partial charge on any atom is 0.251 e. The number of aromatic nitrogens is 4. The van der Waals surface area contributed by atoms with Crippen LogP contribution in [-0.4, -0.2) is 19.6 Å². The Morgan fingerprint density at radius 1 is 0.882 bits per heavy atom. The average molecular weight is 232 g/mol. The predicted molar refractivity (Wildman–Crippen MR) is 68.2 cm³/mol. The molecule has 0 N–H and O–H groups in total. The third-order valence-corrected chi connectivity index (χ3v) is 2.73. The molecule has 4 nitrogen and oxygen atoms in total. The van der Waals surface area contributed by atoms with Crippen molar-refractivity contribution in [3.8, 4) is 0 Å². The van der Waals surface area contributed by atoms with E-state index in [-0.39, 0.29) is 10.8 Å². The van der Waals surface area contributed by atoms with Crippen molar-refractivity contribution < 1.29 is 0 Å². The topological polar surface area (TPSA) is 43.1 Å². The SMILES string of the molecule is CC(C)(C)c1cnn2cc(C(C)(C)C)nc2n1. The number of fused-ring (bicyclic) bond motifs is 1. The summed E-state index contributed by atoms with van der Waals surface area (Å²) < 4.78 is 1.75. The van der Waals surface area contributed by atoms with Crippen LogP contribution >= 0.6 is 0 Å². The molecule has 0 unspecified atom stereocenters. The van der Waals surface area contributed by atoms with E-state index < -0.39 is 0 Å². The molecule has 4 heteroatoms. The van der Waals surface area contributed by atoms with Crippen molar-refractivity contribution in [2.24, 2.45) is 0 Å². The summed E-state index contributed by atoms with van der Waals surface area (Å²) in [5, 5.41) is 4.37. The van der Waals surface area contributed by atoms with Crippen molar-refractivity contribution in [2.45, 2.75) is 52.4 Å². The molecule has 0 aliphatic carbocycles. The number of nitrogens with zero attached hydrogens (tertiary/aromatic N) is 4. The highest BCUT2D eigenvalue weighted by molar-refractivity contribution is 5.32. The van der Waals surface area contributed by atoms with Crippen molar-refractivity contribution in [1.29, 1.82) is 0 Å². The van der Waals surface area contributed by atoms with Gasteiger partial charge >= 0.3 is 0 Å². The van der Waals surface area contributed by atoms with Crippen LogP contribution in [0.5, 0.6) is 0 Å². The number of hydrogen-bond acceptors (Lipinski definition) is 3. The highest BCUT2D eigenvalue weighted by Gasteiger charge is 2.21. The summed E-state index contributed by atoms with van der Waals surface area (Å²) in [5.41, 5.74) is 2.01. The van der Waals surface area contributed by atoms with E-state index in [1.54, 1.807) is 4.52 Å². The summed E-state index contributed by atoms with van der Waals surface area (Å²) in [5.74, 6) is 0.683. The summed E-state index contributed by atoms with van der Waals surface area (Å²) >= 11 is 0. The van der Waals surface area contributed by atoms with Crippen molar-refractivity contribution in [3.63, 3.8) is 0 Å². The van der Waals surface area contributed by atoms with Crippen LogP contribution in [0, 0.1) is 0 Å². The molecule has 2 rings (SSSR count). The Morgan fingerprint density at radius 2 is 1.41 bits per heavy atom. The van der Waals surface area contributed by atoms with E-state index in [1.807, 2.05) is 12.4 Å². The Morgan fingerprint density at radius 3 is 1.94 bits per heavy atom. The zero-order valence-electron chi connectivity index (χ0n) is 11.4. The molecule has 2 aromatic rings. The molecule has 0 spiro atoms. The summed E-state index contributed by atoms with van der Waals surface area (Å²) in [7, 11) is 0. The normalized spacial score (nSPS) is 13.3. The van der Waals surface area contributed by atoms with Crippen LogP contribution in [0.25, 0.3) is 5.78 Å². The summed E-state index contributed by atoms with van der Waals surface area (Å²) in [6.07, 6.45) is 3.77. The summed E-state index contributed by atoms with van der Waals surface area (Å²) in [4.78, 5) is 9.12. The maximum absolute atomic E-state index is 4.57. The first kappa shape index (κ1) is 12.0. The third kappa shape index (κ3) is 2.30. The Balaban J connectivity index is 2.56. The largest absolute Gasteiger partial charge is 0.251 e. The van der Waals surface area contributed by atoms with Gasteiger partial charge in [-0.3, -0.25) is 0 Å². The lowest BCUT2D eigenvalue weighted by atomic mass is 9.93. The van der Waals surface area contributed by atoms with E-state index in [0.29, 0.717) is 5.78 Å². The fraction of sp³-hybridized carbons (Fsp3) is 0.615. The molecule has 17 heavy (non-hydrogen) atoms. The fourth-order valence-corrected chi connectivity index (χ4v) is 1.50. The monoisotopic (exact) mass is 232 g/mol. The second-order valence-corrected chi connectivity index (χ2v) is 6.51. The number of hydrogen-bond donors (Lipinski definition) is 0. The standard InChI is InChI=1S/C13H20N4/c1-12(2,3)9-7-14-17-8-10(13(4,5)6)16-11(17)15-9/h7-8H,1-6H3. The van der Waals surface area contributed by atoms with Crippen LogP contribution in [0.3, 0.4) is 0 Å². The highest BCUT2D eigenvalue weighted by atomic mass is 15.3. The van der Waals surface area contributed by atoms with Gasteiger partial charge in [-0.25, -0.2) is 14.5 Å². The van der Waals surface area contributed by atoms with E-state index in [4.69, 9.17) is 0 Å². The van der Waals surface area contributed by atoms with Crippen LogP contribution in [0.4, 0.5) is 0 Å². The Hall–Kier alpha value is -1.45. The maximum atomic E-state index is 4.57. The minimum atomic E-state index is 0.00258. The lowest BCUT2D eigenvalue weighted by Gasteiger charge is -2.16. The van der Waals surface area contributed by atoms with Gasteiger partial charge in [0.25, 0.3) is 5.78 Å². The number of imidazole rings is 1. The van der Waals surface area contributed by atoms with Gasteiger partial charge in [0.15, 0.2) is 0 Å². The lowest BCUT2D eigenvalue weighted by Crippen LogP contribution is -2.15. The van der Waals surface area contributed by atoms with Crippen LogP contribution < -0.4 is 0 Å². The molecular formula is C13H20N4. The molecule has 0 radical (unpaired) electrons. The van der Waals surface area contributed by atoms with E-state index in [9.17, 15) is 0 Å². The fourth-order valence-electron chi connectivity index (χ4n) is 1.50. The van der Waals surface area contributed by atoms with Gasteiger partial charge in [0, 0.05) is 10.8 Å². The van der Waals surface area contributed by atoms with Gasteiger partial charge in [0.1, 0.15) is 0 Å². The molecule has 0 atom stereocenters. The molecule has 0 bridgehead atoms. The van der Waals surface area contributed by atoms with E-state index in [1.165, 1.54) is 0 Å². The van der Waals surface area contributed by atoms with Crippen molar-refractivity contribution in [1.82, 2.24) is 19.6 Å². The highest BCUT2D eigenvalue weighted by Crippen LogP contribution is 2.22. The number of rotatable bonds is 0. The first-order valence-corrected chi connectivity index (χ1v) is 5.91. The molecule has 0 saturated heterocycles. The molecule has 92 valence electrons. The van der Waals surface area contributed by atoms with Gasteiger partial charge in [-0.2, -0.15) is 5.10 Å². The Labute approximate surface area is 102 Å². The smallest absolute Gasteiger partial charge is 0.214 e. The summed E-state index contributed by atoms with van der Waals surface area (Å²) in [6, 6.07) is 0. The molecule has 0 aliphatic rings. The van der Waals surface area contributed by atoms with Gasteiger partial charge in [0.05, 0.1) is 23.8 Å². The van der Waals surface area contributed by atoms with Gasteiger partial charge in [0.2, 0.25) is 0 Å². The minimum Gasteiger partial charge on any atom is -0.214 e. The molecule has 0 amide bonds. The molecular weight excluding hydrogens is 212 g/mol. The quantitative estimate of drug-likeness (QED) is 0.701.